The van der Waals surface area contributed by atoms with Crippen LogP contribution in [0.25, 0.3) is 0 Å². The van der Waals surface area contributed by atoms with Crippen LogP contribution in [0.4, 0.5) is 4.79 Å². The van der Waals surface area contributed by atoms with E-state index in [2.05, 4.69) is 22.6 Å². The molecule has 1 aromatic rings. The standard InChI is InChI=1S/C23H32N4O5/c1-15-8-10-23(11-9-15)21(29)27(22(30)24-23)25-20(28)14-26-12-4-5-18(26)17-7-6-16(31-2)13-19(17)32-3/h6-7,13,15,18H,4-5,8-12,14H2,1-3H3,(H,24,30)(H,25,28). The van der Waals surface area contributed by atoms with Crippen molar-refractivity contribution in [1.29, 1.82) is 0 Å². The smallest absolute Gasteiger partial charge is 0.344 e. The lowest BCUT2D eigenvalue weighted by Gasteiger charge is -2.33. The van der Waals surface area contributed by atoms with Gasteiger partial charge >= 0.3 is 6.03 Å². The highest BCUT2D eigenvalue weighted by atomic mass is 16.5. The van der Waals surface area contributed by atoms with Gasteiger partial charge in [0.25, 0.3) is 11.8 Å². The van der Waals surface area contributed by atoms with Crippen LogP contribution in [0.1, 0.15) is 57.1 Å². The number of likely N-dealkylation sites (tertiary alicyclic amines) is 1. The number of carbonyl (C=O) groups excluding carboxylic acids is 3. The quantitative estimate of drug-likeness (QED) is 0.654. The largest absolute Gasteiger partial charge is 0.497 e. The summed E-state index contributed by atoms with van der Waals surface area (Å²) in [6, 6.07) is 5.14. The lowest BCUT2D eigenvalue weighted by Crippen LogP contribution is -2.52. The summed E-state index contributed by atoms with van der Waals surface area (Å²) in [6.07, 6.45) is 4.81. The van der Waals surface area contributed by atoms with E-state index in [1.165, 1.54) is 0 Å². The molecule has 1 unspecified atom stereocenters. The number of benzene rings is 1. The third-order valence-electron chi connectivity index (χ3n) is 7.04. The van der Waals surface area contributed by atoms with Crippen LogP contribution in [0.15, 0.2) is 18.2 Å². The van der Waals surface area contributed by atoms with Crippen molar-refractivity contribution < 1.29 is 23.9 Å². The van der Waals surface area contributed by atoms with E-state index in [1.54, 1.807) is 14.2 Å². The summed E-state index contributed by atoms with van der Waals surface area (Å²) < 4.78 is 10.8. The monoisotopic (exact) mass is 444 g/mol. The van der Waals surface area contributed by atoms with Crippen molar-refractivity contribution in [2.75, 3.05) is 27.3 Å². The minimum Gasteiger partial charge on any atom is -0.497 e. The van der Waals surface area contributed by atoms with Gasteiger partial charge in [-0.3, -0.25) is 19.9 Å². The zero-order valence-electron chi connectivity index (χ0n) is 19.0. The van der Waals surface area contributed by atoms with Gasteiger partial charge in [-0.15, -0.1) is 0 Å². The Kier molecular flexibility index (Phi) is 6.28. The van der Waals surface area contributed by atoms with Crippen LogP contribution in [0.5, 0.6) is 11.5 Å². The molecule has 0 radical (unpaired) electrons. The summed E-state index contributed by atoms with van der Waals surface area (Å²) in [5.41, 5.74) is 2.67. The fourth-order valence-corrected chi connectivity index (χ4v) is 5.12. The second-order valence-electron chi connectivity index (χ2n) is 9.11. The fraction of sp³-hybridized carbons (Fsp3) is 0.609. The highest BCUT2D eigenvalue weighted by Gasteiger charge is 2.53. The molecule has 1 spiro atoms. The Balaban J connectivity index is 1.42. The second kappa shape index (κ2) is 8.97. The Morgan fingerprint density at radius 1 is 1.19 bits per heavy atom. The lowest BCUT2D eigenvalue weighted by molar-refractivity contribution is -0.140. The van der Waals surface area contributed by atoms with E-state index in [0.29, 0.717) is 30.3 Å². The van der Waals surface area contributed by atoms with Gasteiger partial charge in [0.15, 0.2) is 0 Å². The molecule has 1 atom stereocenters. The van der Waals surface area contributed by atoms with E-state index in [0.717, 1.165) is 42.8 Å². The van der Waals surface area contributed by atoms with Gasteiger partial charge in [-0.1, -0.05) is 13.0 Å². The first-order chi connectivity index (χ1) is 15.4. The van der Waals surface area contributed by atoms with Crippen LogP contribution < -0.4 is 20.2 Å². The number of amides is 4. The predicted molar refractivity (Wildman–Crippen MR) is 117 cm³/mol. The first-order valence-corrected chi connectivity index (χ1v) is 11.3. The van der Waals surface area contributed by atoms with Gasteiger partial charge in [0.2, 0.25) is 0 Å². The maximum absolute atomic E-state index is 13.0. The number of rotatable bonds is 6. The minimum absolute atomic E-state index is 0.0101. The molecule has 9 heteroatoms. The molecule has 3 aliphatic rings. The van der Waals surface area contributed by atoms with Gasteiger partial charge < -0.3 is 14.8 Å². The summed E-state index contributed by atoms with van der Waals surface area (Å²) in [7, 11) is 3.22. The summed E-state index contributed by atoms with van der Waals surface area (Å²) in [5.74, 6) is 1.23. The molecule has 2 N–H and O–H groups in total. The van der Waals surface area contributed by atoms with Crippen LogP contribution in [-0.2, 0) is 9.59 Å². The summed E-state index contributed by atoms with van der Waals surface area (Å²) in [4.78, 5) is 40.3. The fourth-order valence-electron chi connectivity index (χ4n) is 5.12. The summed E-state index contributed by atoms with van der Waals surface area (Å²) >= 11 is 0. The molecule has 174 valence electrons. The van der Waals surface area contributed by atoms with Gasteiger partial charge in [0.1, 0.15) is 17.0 Å². The Morgan fingerprint density at radius 3 is 2.62 bits per heavy atom. The van der Waals surface area contributed by atoms with Crippen molar-refractivity contribution >= 4 is 17.8 Å². The van der Waals surface area contributed by atoms with Gasteiger partial charge in [0, 0.05) is 17.7 Å². The van der Waals surface area contributed by atoms with Crippen molar-refractivity contribution in [3.05, 3.63) is 23.8 Å². The molecule has 1 saturated carbocycles. The van der Waals surface area contributed by atoms with E-state index >= 15 is 0 Å². The van der Waals surface area contributed by atoms with Crippen molar-refractivity contribution in [1.82, 2.24) is 20.7 Å². The Bertz CT molecular complexity index is 896. The Morgan fingerprint density at radius 2 is 1.94 bits per heavy atom. The molecule has 4 rings (SSSR count). The van der Waals surface area contributed by atoms with E-state index in [1.807, 2.05) is 18.2 Å². The number of methoxy groups -OCH3 is 2. The molecular formula is C23H32N4O5. The number of hydrogen-bond donors (Lipinski definition) is 2. The van der Waals surface area contributed by atoms with E-state index in [-0.39, 0.29) is 24.4 Å². The number of hydrogen-bond acceptors (Lipinski definition) is 6. The number of urea groups is 1. The van der Waals surface area contributed by atoms with Crippen molar-refractivity contribution in [2.24, 2.45) is 5.92 Å². The molecule has 2 heterocycles. The van der Waals surface area contributed by atoms with Gasteiger partial charge in [-0.2, -0.15) is 5.01 Å². The van der Waals surface area contributed by atoms with Gasteiger partial charge in [0.05, 0.1) is 20.8 Å². The third kappa shape index (κ3) is 4.13. The van der Waals surface area contributed by atoms with E-state index < -0.39 is 11.6 Å². The molecule has 0 bridgehead atoms. The highest BCUT2D eigenvalue weighted by Crippen LogP contribution is 2.39. The Labute approximate surface area is 188 Å². The molecule has 1 aliphatic carbocycles. The molecule has 4 amide bonds. The molecule has 9 nitrogen and oxygen atoms in total. The number of carbonyl (C=O) groups is 3. The lowest BCUT2D eigenvalue weighted by atomic mass is 9.77. The van der Waals surface area contributed by atoms with Crippen LogP contribution >= 0.6 is 0 Å². The van der Waals surface area contributed by atoms with Crippen molar-refractivity contribution in [3.63, 3.8) is 0 Å². The number of nitrogens with zero attached hydrogens (tertiary/aromatic N) is 2. The maximum Gasteiger partial charge on any atom is 0.344 e. The molecule has 2 aliphatic heterocycles. The number of nitrogens with one attached hydrogen (secondary N) is 2. The maximum atomic E-state index is 13.0. The van der Waals surface area contributed by atoms with Crippen molar-refractivity contribution in [3.8, 4) is 11.5 Å². The molecule has 0 aromatic heterocycles. The highest BCUT2D eigenvalue weighted by molar-refractivity contribution is 6.08. The normalized spacial score (nSPS) is 28.2. The van der Waals surface area contributed by atoms with E-state index in [9.17, 15) is 14.4 Å². The average Bonchev–Trinajstić information content (AvgIpc) is 3.33. The van der Waals surface area contributed by atoms with Crippen LogP contribution in [0, 0.1) is 5.92 Å². The second-order valence-corrected chi connectivity index (χ2v) is 9.11. The summed E-state index contributed by atoms with van der Waals surface area (Å²) in [5, 5.41) is 3.70. The van der Waals surface area contributed by atoms with Crippen molar-refractivity contribution in [2.45, 2.75) is 57.0 Å². The number of hydrazine groups is 1. The third-order valence-corrected chi connectivity index (χ3v) is 7.04. The molecular weight excluding hydrogens is 412 g/mol. The molecule has 32 heavy (non-hydrogen) atoms. The minimum atomic E-state index is -0.872. The Hall–Kier alpha value is -2.81. The molecule has 1 aromatic carbocycles. The number of imide groups is 1. The van der Waals surface area contributed by atoms with Gasteiger partial charge in [-0.05, 0) is 57.1 Å². The van der Waals surface area contributed by atoms with Gasteiger partial charge in [-0.25, -0.2) is 4.79 Å². The van der Waals surface area contributed by atoms with Crippen LogP contribution in [0.3, 0.4) is 0 Å². The van der Waals surface area contributed by atoms with Crippen LogP contribution in [0.2, 0.25) is 0 Å². The summed E-state index contributed by atoms with van der Waals surface area (Å²) in [6.45, 7) is 2.98. The zero-order valence-corrected chi connectivity index (χ0v) is 19.0. The average molecular weight is 445 g/mol. The molecule has 2 saturated heterocycles. The molecule has 3 fully saturated rings. The first kappa shape index (κ1) is 22.4. The zero-order chi connectivity index (χ0) is 22.9. The SMILES string of the molecule is COc1ccc(C2CCCN2CC(=O)NN2C(=O)NC3(CCC(C)CC3)C2=O)c(OC)c1. The van der Waals surface area contributed by atoms with E-state index in [4.69, 9.17) is 9.47 Å². The topological polar surface area (TPSA) is 100 Å². The predicted octanol–water partition coefficient (Wildman–Crippen LogP) is 2.37. The van der Waals surface area contributed by atoms with Crippen LogP contribution in [-0.4, -0.2) is 60.6 Å². The first-order valence-electron chi connectivity index (χ1n) is 11.3. The number of ether oxygens (including phenoxy) is 2.